The van der Waals surface area contributed by atoms with Gasteiger partial charge >= 0.3 is 6.03 Å². The fourth-order valence-corrected chi connectivity index (χ4v) is 2.17. The fraction of sp³-hybridized carbons (Fsp3) is 0.278. The molecular weight excluding hydrogens is 292 g/mol. The summed E-state index contributed by atoms with van der Waals surface area (Å²) in [5.41, 5.74) is 1.92. The van der Waals surface area contributed by atoms with E-state index in [0.717, 1.165) is 16.9 Å². The standard InChI is InChI=1S/C18H22N2O3/c1-14-7-5-6-10-17(14)23-12-11-19-18(22)20-16(13-21)15-8-3-2-4-9-15/h2-10,16,21H,11-13H2,1H3,(H2,19,20,22). The molecule has 0 aliphatic heterocycles. The van der Waals surface area contributed by atoms with Crippen LogP contribution in [0.25, 0.3) is 0 Å². The number of para-hydroxylation sites is 1. The predicted octanol–water partition coefficient (Wildman–Crippen LogP) is 2.41. The third-order valence-corrected chi connectivity index (χ3v) is 3.43. The van der Waals surface area contributed by atoms with Crippen molar-refractivity contribution >= 4 is 6.03 Å². The van der Waals surface area contributed by atoms with Crippen LogP contribution in [0.15, 0.2) is 54.6 Å². The van der Waals surface area contributed by atoms with Gasteiger partial charge in [0.05, 0.1) is 19.2 Å². The molecule has 0 radical (unpaired) electrons. The van der Waals surface area contributed by atoms with E-state index < -0.39 is 6.04 Å². The number of urea groups is 1. The molecule has 1 atom stereocenters. The SMILES string of the molecule is Cc1ccccc1OCCNC(=O)NC(CO)c1ccccc1. The number of benzene rings is 2. The first-order chi connectivity index (χ1) is 11.2. The van der Waals surface area contributed by atoms with Crippen LogP contribution in [0, 0.1) is 6.92 Å². The topological polar surface area (TPSA) is 70.6 Å². The monoisotopic (exact) mass is 314 g/mol. The lowest BCUT2D eigenvalue weighted by atomic mass is 10.1. The van der Waals surface area contributed by atoms with Gasteiger partial charge in [-0.1, -0.05) is 48.5 Å². The molecule has 2 amide bonds. The molecular formula is C18H22N2O3. The highest BCUT2D eigenvalue weighted by Gasteiger charge is 2.12. The van der Waals surface area contributed by atoms with Crippen LogP contribution < -0.4 is 15.4 Å². The summed E-state index contributed by atoms with van der Waals surface area (Å²) in [6, 6.07) is 16.3. The van der Waals surface area contributed by atoms with Crippen molar-refractivity contribution in [3.8, 4) is 5.75 Å². The maximum absolute atomic E-state index is 11.9. The number of nitrogens with one attached hydrogen (secondary N) is 2. The Hall–Kier alpha value is -2.53. The summed E-state index contributed by atoms with van der Waals surface area (Å²) in [5.74, 6) is 0.812. The van der Waals surface area contributed by atoms with Crippen molar-refractivity contribution in [1.29, 1.82) is 0 Å². The zero-order valence-electron chi connectivity index (χ0n) is 13.2. The molecule has 0 bridgehead atoms. The average molecular weight is 314 g/mol. The molecule has 2 rings (SSSR count). The van der Waals surface area contributed by atoms with Crippen LogP contribution in [-0.4, -0.2) is 30.9 Å². The molecule has 3 N–H and O–H groups in total. The smallest absolute Gasteiger partial charge is 0.315 e. The Morgan fingerprint density at radius 3 is 2.52 bits per heavy atom. The predicted molar refractivity (Wildman–Crippen MR) is 89.5 cm³/mol. The van der Waals surface area contributed by atoms with Gasteiger partial charge in [-0.05, 0) is 24.1 Å². The number of aliphatic hydroxyl groups excluding tert-OH is 1. The van der Waals surface area contributed by atoms with E-state index in [1.807, 2.05) is 61.5 Å². The molecule has 23 heavy (non-hydrogen) atoms. The number of ether oxygens (including phenoxy) is 1. The van der Waals surface area contributed by atoms with Crippen LogP contribution in [0.3, 0.4) is 0 Å². The van der Waals surface area contributed by atoms with E-state index in [2.05, 4.69) is 10.6 Å². The van der Waals surface area contributed by atoms with Crippen molar-refractivity contribution in [3.63, 3.8) is 0 Å². The third-order valence-electron chi connectivity index (χ3n) is 3.43. The summed E-state index contributed by atoms with van der Waals surface area (Å²) in [5, 5.41) is 14.9. The van der Waals surface area contributed by atoms with Gasteiger partial charge in [0.25, 0.3) is 0 Å². The molecule has 0 aliphatic carbocycles. The first-order valence-corrected chi connectivity index (χ1v) is 7.59. The summed E-state index contributed by atoms with van der Waals surface area (Å²) < 4.78 is 5.61. The van der Waals surface area contributed by atoms with Crippen LogP contribution in [0.5, 0.6) is 5.75 Å². The lowest BCUT2D eigenvalue weighted by Gasteiger charge is -2.17. The van der Waals surface area contributed by atoms with E-state index in [1.165, 1.54) is 0 Å². The van der Waals surface area contributed by atoms with Crippen molar-refractivity contribution in [2.24, 2.45) is 0 Å². The molecule has 1 unspecified atom stereocenters. The van der Waals surface area contributed by atoms with Crippen molar-refractivity contribution in [1.82, 2.24) is 10.6 Å². The molecule has 5 nitrogen and oxygen atoms in total. The Balaban J connectivity index is 1.73. The second-order valence-electron chi connectivity index (χ2n) is 5.16. The lowest BCUT2D eigenvalue weighted by Crippen LogP contribution is -2.40. The number of aryl methyl sites for hydroxylation is 1. The van der Waals surface area contributed by atoms with E-state index in [9.17, 15) is 9.90 Å². The molecule has 0 aliphatic rings. The summed E-state index contributed by atoms with van der Waals surface area (Å²) >= 11 is 0. The van der Waals surface area contributed by atoms with E-state index in [-0.39, 0.29) is 12.6 Å². The van der Waals surface area contributed by atoms with Gasteiger partial charge in [-0.25, -0.2) is 4.79 Å². The molecule has 0 saturated heterocycles. The van der Waals surface area contributed by atoms with Gasteiger partial charge in [-0.15, -0.1) is 0 Å². The normalized spacial score (nSPS) is 11.6. The van der Waals surface area contributed by atoms with Crippen molar-refractivity contribution < 1.29 is 14.6 Å². The van der Waals surface area contributed by atoms with Crippen molar-refractivity contribution in [2.75, 3.05) is 19.8 Å². The average Bonchev–Trinajstić information content (AvgIpc) is 2.59. The highest BCUT2D eigenvalue weighted by Crippen LogP contribution is 2.15. The van der Waals surface area contributed by atoms with Gasteiger partial charge in [0.1, 0.15) is 12.4 Å². The summed E-state index contributed by atoms with van der Waals surface area (Å²) in [6.45, 7) is 2.58. The zero-order valence-corrected chi connectivity index (χ0v) is 13.2. The molecule has 5 heteroatoms. The number of aliphatic hydroxyl groups is 1. The van der Waals surface area contributed by atoms with Crippen molar-refractivity contribution in [2.45, 2.75) is 13.0 Å². The van der Waals surface area contributed by atoms with Gasteiger partial charge in [-0.2, -0.15) is 0 Å². The minimum Gasteiger partial charge on any atom is -0.491 e. The third kappa shape index (κ3) is 5.30. The summed E-state index contributed by atoms with van der Waals surface area (Å²) in [4.78, 5) is 11.9. The van der Waals surface area contributed by atoms with Gasteiger partial charge in [-0.3, -0.25) is 0 Å². The highest BCUT2D eigenvalue weighted by molar-refractivity contribution is 5.74. The van der Waals surface area contributed by atoms with Crippen LogP contribution in [0.1, 0.15) is 17.2 Å². The van der Waals surface area contributed by atoms with Crippen LogP contribution in [-0.2, 0) is 0 Å². The maximum Gasteiger partial charge on any atom is 0.315 e. The van der Waals surface area contributed by atoms with Gasteiger partial charge in [0.2, 0.25) is 0 Å². The quantitative estimate of drug-likeness (QED) is 0.687. The van der Waals surface area contributed by atoms with E-state index in [1.54, 1.807) is 0 Å². The molecule has 0 fully saturated rings. The highest BCUT2D eigenvalue weighted by atomic mass is 16.5. The number of rotatable bonds is 7. The van der Waals surface area contributed by atoms with Gasteiger partial charge < -0.3 is 20.5 Å². The number of carbonyl (C=O) groups is 1. The van der Waals surface area contributed by atoms with Crippen LogP contribution in [0.2, 0.25) is 0 Å². The Bertz CT molecular complexity index is 617. The zero-order chi connectivity index (χ0) is 16.5. The number of hydrogen-bond acceptors (Lipinski definition) is 3. The first-order valence-electron chi connectivity index (χ1n) is 7.59. The Labute approximate surface area is 136 Å². The largest absolute Gasteiger partial charge is 0.491 e. The Kier molecular flexibility index (Phi) is 6.44. The van der Waals surface area contributed by atoms with E-state index >= 15 is 0 Å². The second-order valence-corrected chi connectivity index (χ2v) is 5.16. The Morgan fingerprint density at radius 1 is 1.13 bits per heavy atom. The van der Waals surface area contributed by atoms with Crippen molar-refractivity contribution in [3.05, 3.63) is 65.7 Å². The van der Waals surface area contributed by atoms with E-state index in [0.29, 0.717) is 13.2 Å². The molecule has 122 valence electrons. The van der Waals surface area contributed by atoms with Gasteiger partial charge in [0.15, 0.2) is 0 Å². The Morgan fingerprint density at radius 2 is 1.83 bits per heavy atom. The van der Waals surface area contributed by atoms with Crippen LogP contribution in [0.4, 0.5) is 4.79 Å². The fourth-order valence-electron chi connectivity index (χ4n) is 2.17. The molecule has 0 spiro atoms. The lowest BCUT2D eigenvalue weighted by molar-refractivity contribution is 0.214. The maximum atomic E-state index is 11.9. The number of carbonyl (C=O) groups excluding carboxylic acids is 1. The summed E-state index contributed by atoms with van der Waals surface area (Å²) in [6.07, 6.45) is 0. The molecule has 0 heterocycles. The minimum atomic E-state index is -0.423. The van der Waals surface area contributed by atoms with E-state index in [4.69, 9.17) is 4.74 Å². The van der Waals surface area contributed by atoms with Gasteiger partial charge in [0, 0.05) is 0 Å². The first kappa shape index (κ1) is 16.8. The molecule has 0 aromatic heterocycles. The second kappa shape index (κ2) is 8.80. The number of hydrogen-bond donors (Lipinski definition) is 3. The molecule has 0 saturated carbocycles. The minimum absolute atomic E-state index is 0.156. The number of amides is 2. The molecule has 2 aromatic rings. The summed E-state index contributed by atoms with van der Waals surface area (Å²) in [7, 11) is 0. The molecule has 2 aromatic carbocycles. The van der Waals surface area contributed by atoms with Crippen LogP contribution >= 0.6 is 0 Å².